The van der Waals surface area contributed by atoms with Crippen molar-refractivity contribution in [2.24, 2.45) is 5.92 Å². The number of nitrogens with zero attached hydrogens (tertiary/aromatic N) is 4. The summed E-state index contributed by atoms with van der Waals surface area (Å²) >= 11 is 1.44. The first-order chi connectivity index (χ1) is 16.9. The highest BCUT2D eigenvalue weighted by Crippen LogP contribution is 2.41. The SMILES string of the molecule is CNC(=O)c1sc(N2CCOc3ccc(-c4cnn(CC(COC)NC)c4)cc32)nc1CC(C)C. The van der Waals surface area contributed by atoms with Gasteiger partial charge in [-0.2, -0.15) is 5.10 Å². The van der Waals surface area contributed by atoms with Gasteiger partial charge in [0.2, 0.25) is 0 Å². The van der Waals surface area contributed by atoms with Crippen molar-refractivity contribution in [1.82, 2.24) is 25.4 Å². The topological polar surface area (TPSA) is 93.5 Å². The lowest BCUT2D eigenvalue weighted by Crippen LogP contribution is -2.34. The Balaban J connectivity index is 1.64. The number of thiazole rings is 1. The molecule has 0 saturated heterocycles. The number of nitrogens with one attached hydrogen (secondary N) is 2. The Labute approximate surface area is 210 Å². The van der Waals surface area contributed by atoms with Crippen LogP contribution in [-0.2, 0) is 17.7 Å². The van der Waals surface area contributed by atoms with Gasteiger partial charge in [0.15, 0.2) is 5.13 Å². The van der Waals surface area contributed by atoms with Crippen LogP contribution in [0.1, 0.15) is 29.2 Å². The minimum absolute atomic E-state index is 0.0904. The summed E-state index contributed by atoms with van der Waals surface area (Å²) < 4.78 is 13.2. The van der Waals surface area contributed by atoms with E-state index in [1.807, 2.05) is 30.2 Å². The Morgan fingerprint density at radius 1 is 1.29 bits per heavy atom. The normalized spacial score (nSPS) is 14.1. The molecule has 0 radical (unpaired) electrons. The molecule has 0 fully saturated rings. The molecule has 1 aliphatic rings. The van der Waals surface area contributed by atoms with Crippen LogP contribution in [0.3, 0.4) is 0 Å². The van der Waals surface area contributed by atoms with Crippen LogP contribution in [0.15, 0.2) is 30.6 Å². The Hall–Kier alpha value is -2.95. The summed E-state index contributed by atoms with van der Waals surface area (Å²) in [4.78, 5) is 20.3. The number of likely N-dealkylation sites (N-methyl/N-ethyl adjacent to an activating group) is 1. The minimum atomic E-state index is -0.0904. The number of hydrogen-bond donors (Lipinski definition) is 2. The van der Waals surface area contributed by atoms with Crippen LogP contribution in [0, 0.1) is 5.92 Å². The third-order valence-electron chi connectivity index (χ3n) is 5.92. The van der Waals surface area contributed by atoms with Crippen molar-refractivity contribution in [2.75, 3.05) is 45.9 Å². The van der Waals surface area contributed by atoms with Gasteiger partial charge in [-0.1, -0.05) is 31.3 Å². The number of rotatable bonds is 10. The lowest BCUT2D eigenvalue weighted by molar-refractivity contribution is 0.0966. The molecule has 0 bridgehead atoms. The molecule has 9 nitrogen and oxygen atoms in total. The van der Waals surface area contributed by atoms with Crippen LogP contribution in [0.4, 0.5) is 10.8 Å². The molecule has 0 saturated carbocycles. The van der Waals surface area contributed by atoms with Gasteiger partial charge in [0.05, 0.1) is 37.3 Å². The average Bonchev–Trinajstić information content (AvgIpc) is 3.49. The Kier molecular flexibility index (Phi) is 8.04. The number of fused-ring (bicyclic) bond motifs is 1. The number of amides is 1. The fraction of sp³-hybridized carbons (Fsp3) is 0.480. The van der Waals surface area contributed by atoms with E-state index >= 15 is 0 Å². The first-order valence-corrected chi connectivity index (χ1v) is 12.7. The van der Waals surface area contributed by atoms with Gasteiger partial charge in [-0.25, -0.2) is 4.98 Å². The van der Waals surface area contributed by atoms with Gasteiger partial charge in [0.25, 0.3) is 5.91 Å². The molecule has 1 aromatic carbocycles. The summed E-state index contributed by atoms with van der Waals surface area (Å²) in [5.41, 5.74) is 3.86. The molecule has 0 spiro atoms. The van der Waals surface area contributed by atoms with Crippen LogP contribution >= 0.6 is 11.3 Å². The second-order valence-electron chi connectivity index (χ2n) is 9.02. The minimum Gasteiger partial charge on any atom is -0.490 e. The van der Waals surface area contributed by atoms with Crippen LogP contribution in [0.2, 0.25) is 0 Å². The molecule has 188 valence electrons. The zero-order valence-electron chi connectivity index (χ0n) is 21.0. The van der Waals surface area contributed by atoms with Crippen molar-refractivity contribution in [3.63, 3.8) is 0 Å². The fourth-order valence-corrected chi connectivity index (χ4v) is 5.21. The maximum Gasteiger partial charge on any atom is 0.263 e. The van der Waals surface area contributed by atoms with Gasteiger partial charge in [-0.15, -0.1) is 0 Å². The molecule has 0 aliphatic carbocycles. The monoisotopic (exact) mass is 498 g/mol. The van der Waals surface area contributed by atoms with Crippen LogP contribution in [-0.4, -0.2) is 67.7 Å². The number of aromatic nitrogens is 3. The number of methoxy groups -OCH3 is 1. The largest absolute Gasteiger partial charge is 0.490 e. The smallest absolute Gasteiger partial charge is 0.263 e. The van der Waals surface area contributed by atoms with Crippen LogP contribution in [0.5, 0.6) is 5.75 Å². The van der Waals surface area contributed by atoms with Crippen molar-refractivity contribution in [2.45, 2.75) is 32.9 Å². The summed E-state index contributed by atoms with van der Waals surface area (Å²) in [6.07, 6.45) is 4.68. The highest BCUT2D eigenvalue weighted by Gasteiger charge is 2.26. The van der Waals surface area contributed by atoms with E-state index in [4.69, 9.17) is 14.5 Å². The predicted molar refractivity (Wildman–Crippen MR) is 139 cm³/mol. The standard InChI is InChI=1S/C25H34N6O3S/c1-16(2)10-20-23(24(32)27-4)35-25(29-20)31-8-9-34-22-7-6-17(11-21(22)31)18-12-28-30(13-18)14-19(26-3)15-33-5/h6-7,11-13,16,19,26H,8-10,14-15H2,1-5H3,(H,27,32). The number of carbonyl (C=O) groups is 1. The Bertz CT molecular complexity index is 1160. The zero-order chi connectivity index (χ0) is 24.9. The van der Waals surface area contributed by atoms with E-state index in [-0.39, 0.29) is 11.9 Å². The molecule has 10 heteroatoms. The van der Waals surface area contributed by atoms with Gasteiger partial charge in [0.1, 0.15) is 17.2 Å². The molecule has 3 aromatic rings. The summed E-state index contributed by atoms with van der Waals surface area (Å²) in [5, 5.41) is 11.4. The molecular weight excluding hydrogens is 464 g/mol. The van der Waals surface area contributed by atoms with E-state index < -0.39 is 0 Å². The summed E-state index contributed by atoms with van der Waals surface area (Å²) in [6.45, 7) is 6.82. The van der Waals surface area contributed by atoms with Crippen LogP contribution < -0.4 is 20.3 Å². The number of carbonyl (C=O) groups excluding carboxylic acids is 1. The van der Waals surface area contributed by atoms with E-state index in [0.29, 0.717) is 37.1 Å². The maximum absolute atomic E-state index is 12.5. The van der Waals surface area contributed by atoms with Gasteiger partial charge in [-0.05, 0) is 37.1 Å². The van der Waals surface area contributed by atoms with Crippen molar-refractivity contribution < 1.29 is 14.3 Å². The number of hydrogen-bond acceptors (Lipinski definition) is 8. The van der Waals surface area contributed by atoms with Crippen molar-refractivity contribution in [3.8, 4) is 16.9 Å². The summed E-state index contributed by atoms with van der Waals surface area (Å²) in [7, 11) is 5.28. The van der Waals surface area contributed by atoms with Crippen molar-refractivity contribution in [1.29, 1.82) is 0 Å². The lowest BCUT2D eigenvalue weighted by Gasteiger charge is -2.29. The van der Waals surface area contributed by atoms with E-state index in [2.05, 4.69) is 46.6 Å². The van der Waals surface area contributed by atoms with Gasteiger partial charge < -0.3 is 25.0 Å². The van der Waals surface area contributed by atoms with E-state index in [1.54, 1.807) is 14.2 Å². The highest BCUT2D eigenvalue weighted by molar-refractivity contribution is 7.17. The van der Waals surface area contributed by atoms with Gasteiger partial charge in [-0.3, -0.25) is 9.48 Å². The van der Waals surface area contributed by atoms with E-state index in [1.165, 1.54) is 11.3 Å². The molecule has 1 atom stereocenters. The Morgan fingerprint density at radius 3 is 2.83 bits per heavy atom. The lowest BCUT2D eigenvalue weighted by atomic mass is 10.1. The number of anilines is 2. The Morgan fingerprint density at radius 2 is 2.11 bits per heavy atom. The molecule has 4 rings (SSSR count). The molecule has 1 unspecified atom stereocenters. The number of benzene rings is 1. The highest BCUT2D eigenvalue weighted by atomic mass is 32.1. The van der Waals surface area contributed by atoms with Gasteiger partial charge >= 0.3 is 0 Å². The van der Waals surface area contributed by atoms with Gasteiger partial charge in [0, 0.05) is 32.0 Å². The quantitative estimate of drug-likeness (QED) is 0.443. The maximum atomic E-state index is 12.5. The third kappa shape index (κ3) is 5.66. The van der Waals surface area contributed by atoms with Crippen molar-refractivity contribution >= 4 is 28.1 Å². The molecule has 2 N–H and O–H groups in total. The molecule has 2 aromatic heterocycles. The third-order valence-corrected chi connectivity index (χ3v) is 7.04. The first kappa shape index (κ1) is 25.2. The van der Waals surface area contributed by atoms with Crippen LogP contribution in [0.25, 0.3) is 11.1 Å². The zero-order valence-corrected chi connectivity index (χ0v) is 21.8. The predicted octanol–water partition coefficient (Wildman–Crippen LogP) is 3.33. The average molecular weight is 499 g/mol. The molecule has 35 heavy (non-hydrogen) atoms. The molecule has 1 aliphatic heterocycles. The first-order valence-electron chi connectivity index (χ1n) is 11.9. The molecular formula is C25H34N6O3S. The van der Waals surface area contributed by atoms with E-state index in [9.17, 15) is 4.79 Å². The number of ether oxygens (including phenoxy) is 2. The fourth-order valence-electron chi connectivity index (χ4n) is 4.13. The summed E-state index contributed by atoms with van der Waals surface area (Å²) in [6, 6.07) is 6.34. The summed E-state index contributed by atoms with van der Waals surface area (Å²) in [5.74, 6) is 1.12. The second-order valence-corrected chi connectivity index (χ2v) is 10.0. The second kappa shape index (κ2) is 11.2. The van der Waals surface area contributed by atoms with E-state index in [0.717, 1.165) is 39.8 Å². The van der Waals surface area contributed by atoms with Crippen molar-refractivity contribution in [3.05, 3.63) is 41.2 Å². The molecule has 1 amide bonds. The molecule has 3 heterocycles.